The summed E-state index contributed by atoms with van der Waals surface area (Å²) in [5.41, 5.74) is 7.21. The van der Waals surface area contributed by atoms with Crippen LogP contribution in [0, 0.1) is 6.92 Å². The van der Waals surface area contributed by atoms with Crippen molar-refractivity contribution in [3.8, 4) is 0 Å². The van der Waals surface area contributed by atoms with Gasteiger partial charge in [-0.15, -0.1) is 0 Å². The molecule has 0 aliphatic carbocycles. The SMILES string of the molecule is Cc1cc(Cl)c(S(=O)(=O)Nc2ccc(Cl)cc2)cc1N. The second kappa shape index (κ2) is 5.52. The van der Waals surface area contributed by atoms with Gasteiger partial charge in [-0.1, -0.05) is 23.2 Å². The maximum absolute atomic E-state index is 12.3. The summed E-state index contributed by atoms with van der Waals surface area (Å²) in [6.07, 6.45) is 0. The molecule has 3 N–H and O–H groups in total. The highest BCUT2D eigenvalue weighted by Gasteiger charge is 2.19. The molecule has 0 aliphatic rings. The fourth-order valence-electron chi connectivity index (χ4n) is 1.60. The van der Waals surface area contributed by atoms with E-state index in [1.807, 2.05) is 0 Å². The number of nitrogen functional groups attached to an aromatic ring is 1. The monoisotopic (exact) mass is 330 g/mol. The molecule has 0 aromatic heterocycles. The van der Waals surface area contributed by atoms with Crippen molar-refractivity contribution in [1.29, 1.82) is 0 Å². The average molecular weight is 331 g/mol. The van der Waals surface area contributed by atoms with Gasteiger partial charge in [0.05, 0.1) is 5.02 Å². The molecule has 0 heterocycles. The van der Waals surface area contributed by atoms with Crippen LogP contribution in [-0.4, -0.2) is 8.42 Å². The molecule has 0 fully saturated rings. The van der Waals surface area contributed by atoms with Gasteiger partial charge in [0.15, 0.2) is 0 Å². The third-order valence-electron chi connectivity index (χ3n) is 2.71. The molecule has 0 saturated heterocycles. The number of hydrogen-bond acceptors (Lipinski definition) is 3. The third kappa shape index (κ3) is 3.17. The van der Waals surface area contributed by atoms with Crippen molar-refractivity contribution in [2.75, 3.05) is 10.5 Å². The minimum absolute atomic E-state index is 0.0581. The fourth-order valence-corrected chi connectivity index (χ4v) is 3.41. The molecule has 2 rings (SSSR count). The van der Waals surface area contributed by atoms with Gasteiger partial charge in [0, 0.05) is 16.4 Å². The first-order chi connectivity index (χ1) is 9.29. The maximum atomic E-state index is 12.3. The molecule has 0 aliphatic heterocycles. The molecule has 0 saturated carbocycles. The van der Waals surface area contributed by atoms with Crippen molar-refractivity contribution in [1.82, 2.24) is 0 Å². The topological polar surface area (TPSA) is 72.2 Å². The number of aryl methyl sites for hydroxylation is 1. The van der Waals surface area contributed by atoms with Gasteiger partial charge in [0.2, 0.25) is 0 Å². The Labute approximate surface area is 127 Å². The van der Waals surface area contributed by atoms with Gasteiger partial charge >= 0.3 is 0 Å². The van der Waals surface area contributed by atoms with Crippen molar-refractivity contribution in [3.05, 3.63) is 52.0 Å². The first-order valence-electron chi connectivity index (χ1n) is 5.63. The highest BCUT2D eigenvalue weighted by Crippen LogP contribution is 2.28. The largest absolute Gasteiger partial charge is 0.398 e. The molecule has 2 aromatic rings. The molecule has 106 valence electrons. The van der Waals surface area contributed by atoms with Crippen LogP contribution in [0.1, 0.15) is 5.56 Å². The molecule has 4 nitrogen and oxygen atoms in total. The Morgan fingerprint density at radius 2 is 1.70 bits per heavy atom. The summed E-state index contributed by atoms with van der Waals surface area (Å²) >= 11 is 11.7. The zero-order valence-corrected chi connectivity index (χ0v) is 12.9. The first-order valence-corrected chi connectivity index (χ1v) is 7.87. The molecule has 7 heteroatoms. The number of hydrogen-bond donors (Lipinski definition) is 2. The highest BCUT2D eigenvalue weighted by molar-refractivity contribution is 7.92. The Kier molecular flexibility index (Phi) is 4.13. The lowest BCUT2D eigenvalue weighted by molar-refractivity contribution is 0.601. The number of sulfonamides is 1. The van der Waals surface area contributed by atoms with Crippen molar-refractivity contribution < 1.29 is 8.42 Å². The summed E-state index contributed by atoms with van der Waals surface area (Å²) in [7, 11) is -3.80. The zero-order valence-electron chi connectivity index (χ0n) is 10.5. The third-order valence-corrected chi connectivity index (χ3v) is 4.80. The van der Waals surface area contributed by atoms with E-state index in [1.165, 1.54) is 12.1 Å². The lowest BCUT2D eigenvalue weighted by atomic mass is 10.2. The van der Waals surface area contributed by atoms with Crippen LogP contribution in [0.25, 0.3) is 0 Å². The molecule has 0 amide bonds. The molecular formula is C13H12Cl2N2O2S. The Morgan fingerprint density at radius 3 is 2.30 bits per heavy atom. The minimum Gasteiger partial charge on any atom is -0.398 e. The van der Waals surface area contributed by atoms with Gasteiger partial charge in [0.1, 0.15) is 4.90 Å². The van der Waals surface area contributed by atoms with Gasteiger partial charge in [-0.25, -0.2) is 8.42 Å². The van der Waals surface area contributed by atoms with Gasteiger partial charge in [-0.3, -0.25) is 4.72 Å². The van der Waals surface area contributed by atoms with Crippen LogP contribution in [-0.2, 0) is 10.0 Å². The number of benzene rings is 2. The Bertz CT molecular complexity index is 744. The van der Waals surface area contributed by atoms with Crippen LogP contribution in [0.15, 0.2) is 41.3 Å². The smallest absolute Gasteiger partial charge is 0.263 e. The van der Waals surface area contributed by atoms with Gasteiger partial charge in [-0.2, -0.15) is 0 Å². The van der Waals surface area contributed by atoms with E-state index >= 15 is 0 Å². The Balaban J connectivity index is 2.40. The molecule has 0 unspecified atom stereocenters. The number of nitrogens with two attached hydrogens (primary N) is 1. The second-order valence-electron chi connectivity index (χ2n) is 4.25. The lowest BCUT2D eigenvalue weighted by Crippen LogP contribution is -2.14. The summed E-state index contributed by atoms with van der Waals surface area (Å²) in [5.74, 6) is 0. The number of nitrogens with one attached hydrogen (secondary N) is 1. The van der Waals surface area contributed by atoms with E-state index in [0.717, 1.165) is 5.56 Å². The van der Waals surface area contributed by atoms with Crippen LogP contribution in [0.3, 0.4) is 0 Å². The Hall–Kier alpha value is -1.43. The van der Waals surface area contributed by atoms with Crippen molar-refractivity contribution in [3.63, 3.8) is 0 Å². The summed E-state index contributed by atoms with van der Waals surface area (Å²) < 4.78 is 27.0. The van der Waals surface area contributed by atoms with Crippen molar-refractivity contribution in [2.45, 2.75) is 11.8 Å². The summed E-state index contributed by atoms with van der Waals surface area (Å²) in [5, 5.41) is 0.642. The number of rotatable bonds is 3. The van der Waals surface area contributed by atoms with Crippen LogP contribution in [0.2, 0.25) is 10.0 Å². The van der Waals surface area contributed by atoms with Crippen molar-refractivity contribution >= 4 is 44.6 Å². The molecule has 0 bridgehead atoms. The van der Waals surface area contributed by atoms with E-state index in [4.69, 9.17) is 28.9 Å². The zero-order chi connectivity index (χ0) is 14.9. The van der Waals surface area contributed by atoms with E-state index in [2.05, 4.69) is 4.72 Å². The normalized spacial score (nSPS) is 11.3. The minimum atomic E-state index is -3.80. The van der Waals surface area contributed by atoms with Gasteiger partial charge in [0.25, 0.3) is 10.0 Å². The second-order valence-corrected chi connectivity index (χ2v) is 6.75. The number of anilines is 2. The number of halogens is 2. The summed E-state index contributed by atoms with van der Waals surface area (Å²) in [4.78, 5) is -0.0581. The van der Waals surface area contributed by atoms with E-state index in [0.29, 0.717) is 16.4 Å². The van der Waals surface area contributed by atoms with Crippen LogP contribution in [0.5, 0.6) is 0 Å². The fraction of sp³-hybridized carbons (Fsp3) is 0.0769. The first kappa shape index (κ1) is 15.0. The standard InChI is InChI=1S/C13H12Cl2N2O2S/c1-8-6-11(15)13(7-12(8)16)20(18,19)17-10-4-2-9(14)3-5-10/h2-7,17H,16H2,1H3. The van der Waals surface area contributed by atoms with Crippen LogP contribution < -0.4 is 10.5 Å². The quantitative estimate of drug-likeness (QED) is 0.843. The van der Waals surface area contributed by atoms with Crippen LogP contribution >= 0.6 is 23.2 Å². The molecule has 0 radical (unpaired) electrons. The van der Waals surface area contributed by atoms with Crippen LogP contribution in [0.4, 0.5) is 11.4 Å². The highest BCUT2D eigenvalue weighted by atomic mass is 35.5. The van der Waals surface area contributed by atoms with E-state index in [-0.39, 0.29) is 9.92 Å². The van der Waals surface area contributed by atoms with E-state index in [1.54, 1.807) is 31.2 Å². The predicted octanol–water partition coefficient (Wildman–Crippen LogP) is 3.68. The van der Waals surface area contributed by atoms with E-state index < -0.39 is 10.0 Å². The summed E-state index contributed by atoms with van der Waals surface area (Å²) in [6.45, 7) is 1.75. The summed E-state index contributed by atoms with van der Waals surface area (Å²) in [6, 6.07) is 9.16. The maximum Gasteiger partial charge on any atom is 0.263 e. The van der Waals surface area contributed by atoms with Gasteiger partial charge < -0.3 is 5.73 Å². The Morgan fingerprint density at radius 1 is 1.10 bits per heavy atom. The molecule has 2 aromatic carbocycles. The predicted molar refractivity (Wildman–Crippen MR) is 82.9 cm³/mol. The molecular weight excluding hydrogens is 319 g/mol. The van der Waals surface area contributed by atoms with E-state index in [9.17, 15) is 8.42 Å². The average Bonchev–Trinajstić information content (AvgIpc) is 2.36. The molecule has 0 atom stereocenters. The molecule has 20 heavy (non-hydrogen) atoms. The van der Waals surface area contributed by atoms with Gasteiger partial charge in [-0.05, 0) is 48.9 Å². The lowest BCUT2D eigenvalue weighted by Gasteiger charge is -2.11. The van der Waals surface area contributed by atoms with Crippen molar-refractivity contribution in [2.24, 2.45) is 0 Å². The molecule has 0 spiro atoms.